The minimum atomic E-state index is 0.748. The first-order chi connectivity index (χ1) is 10.1. The summed E-state index contributed by atoms with van der Waals surface area (Å²) in [6.07, 6.45) is 1.01. The van der Waals surface area contributed by atoms with E-state index < -0.39 is 0 Å². The molecule has 0 aromatic heterocycles. The second kappa shape index (κ2) is 7.51. The molecule has 112 valence electrons. The van der Waals surface area contributed by atoms with Crippen molar-refractivity contribution in [2.24, 2.45) is 0 Å². The zero-order valence-corrected chi connectivity index (χ0v) is 14.5. The van der Waals surface area contributed by atoms with Gasteiger partial charge < -0.3 is 10.1 Å². The van der Waals surface area contributed by atoms with Crippen LogP contribution in [-0.2, 0) is 6.54 Å². The Bertz CT molecular complexity index is 610. The molecule has 0 radical (unpaired) electrons. The molecule has 21 heavy (non-hydrogen) atoms. The van der Waals surface area contributed by atoms with Crippen molar-refractivity contribution in [1.82, 2.24) is 0 Å². The van der Waals surface area contributed by atoms with Gasteiger partial charge in [0.1, 0.15) is 5.75 Å². The summed E-state index contributed by atoms with van der Waals surface area (Å²) in [6.45, 7) is 7.88. The molecule has 0 spiro atoms. The summed E-state index contributed by atoms with van der Waals surface area (Å²) in [5.41, 5.74) is 4.92. The Morgan fingerprint density at radius 2 is 1.86 bits per heavy atom. The molecule has 2 aromatic carbocycles. The Kier molecular flexibility index (Phi) is 5.68. The maximum atomic E-state index is 5.81. The van der Waals surface area contributed by atoms with Crippen molar-refractivity contribution in [3.63, 3.8) is 0 Å². The highest BCUT2D eigenvalue weighted by atomic mass is 79.9. The highest BCUT2D eigenvalue weighted by Gasteiger charge is 2.05. The first kappa shape index (κ1) is 15.9. The standard InChI is InChI=1S/C18H22BrNO/c1-4-9-21-18-8-6-16(19)11-15(18)12-20-17-7-5-13(2)14(3)10-17/h5-8,10-11,20H,4,9,12H2,1-3H3. The summed E-state index contributed by atoms with van der Waals surface area (Å²) in [6, 6.07) is 12.6. The summed E-state index contributed by atoms with van der Waals surface area (Å²) < 4.78 is 6.88. The maximum absolute atomic E-state index is 5.81. The van der Waals surface area contributed by atoms with Crippen LogP contribution in [0.2, 0.25) is 0 Å². The van der Waals surface area contributed by atoms with E-state index in [-0.39, 0.29) is 0 Å². The molecular formula is C18H22BrNO. The summed E-state index contributed by atoms with van der Waals surface area (Å²) in [4.78, 5) is 0. The van der Waals surface area contributed by atoms with Gasteiger partial charge in [0, 0.05) is 22.3 Å². The molecule has 0 aliphatic rings. The minimum absolute atomic E-state index is 0.748. The molecular weight excluding hydrogens is 326 g/mol. The molecule has 0 unspecified atom stereocenters. The number of rotatable bonds is 6. The van der Waals surface area contributed by atoms with Crippen LogP contribution in [-0.4, -0.2) is 6.61 Å². The van der Waals surface area contributed by atoms with Crippen LogP contribution >= 0.6 is 15.9 Å². The summed E-state index contributed by atoms with van der Waals surface area (Å²) >= 11 is 3.53. The average Bonchev–Trinajstić information content (AvgIpc) is 2.47. The molecule has 0 atom stereocenters. The number of halogens is 1. The van der Waals surface area contributed by atoms with Gasteiger partial charge in [-0.05, 0) is 61.7 Å². The van der Waals surface area contributed by atoms with Crippen LogP contribution < -0.4 is 10.1 Å². The monoisotopic (exact) mass is 347 g/mol. The van der Waals surface area contributed by atoms with E-state index >= 15 is 0 Å². The van der Waals surface area contributed by atoms with Crippen molar-refractivity contribution < 1.29 is 4.74 Å². The van der Waals surface area contributed by atoms with E-state index in [9.17, 15) is 0 Å². The van der Waals surface area contributed by atoms with Gasteiger partial charge in [0.2, 0.25) is 0 Å². The van der Waals surface area contributed by atoms with Gasteiger partial charge in [-0.2, -0.15) is 0 Å². The van der Waals surface area contributed by atoms with Crippen LogP contribution in [0.1, 0.15) is 30.0 Å². The van der Waals surface area contributed by atoms with Gasteiger partial charge in [0.15, 0.2) is 0 Å². The number of hydrogen-bond donors (Lipinski definition) is 1. The maximum Gasteiger partial charge on any atom is 0.124 e. The quantitative estimate of drug-likeness (QED) is 0.748. The first-order valence-electron chi connectivity index (χ1n) is 7.32. The Hall–Kier alpha value is -1.48. The van der Waals surface area contributed by atoms with Crippen LogP contribution in [0, 0.1) is 13.8 Å². The highest BCUT2D eigenvalue weighted by Crippen LogP contribution is 2.25. The van der Waals surface area contributed by atoms with E-state index in [0.29, 0.717) is 0 Å². The van der Waals surface area contributed by atoms with Gasteiger partial charge in [-0.25, -0.2) is 0 Å². The largest absolute Gasteiger partial charge is 0.493 e. The Morgan fingerprint density at radius 3 is 2.57 bits per heavy atom. The third-order valence-corrected chi connectivity index (χ3v) is 3.97. The molecule has 0 aliphatic carbocycles. The van der Waals surface area contributed by atoms with Crippen LogP contribution in [0.25, 0.3) is 0 Å². The number of ether oxygens (including phenoxy) is 1. The lowest BCUT2D eigenvalue weighted by molar-refractivity contribution is 0.314. The van der Waals surface area contributed by atoms with E-state index in [1.165, 1.54) is 11.1 Å². The lowest BCUT2D eigenvalue weighted by Gasteiger charge is -2.13. The lowest BCUT2D eigenvalue weighted by atomic mass is 10.1. The zero-order chi connectivity index (χ0) is 15.2. The molecule has 2 nitrogen and oxygen atoms in total. The molecule has 3 heteroatoms. The molecule has 0 saturated heterocycles. The predicted octanol–water partition coefficient (Wildman–Crippen LogP) is 5.47. The summed E-state index contributed by atoms with van der Waals surface area (Å²) in [5, 5.41) is 3.47. The van der Waals surface area contributed by atoms with Gasteiger partial charge in [-0.15, -0.1) is 0 Å². The van der Waals surface area contributed by atoms with Crippen molar-refractivity contribution in [1.29, 1.82) is 0 Å². The van der Waals surface area contributed by atoms with Gasteiger partial charge in [-0.3, -0.25) is 0 Å². The SMILES string of the molecule is CCCOc1ccc(Br)cc1CNc1ccc(C)c(C)c1. The lowest BCUT2D eigenvalue weighted by Crippen LogP contribution is -2.04. The molecule has 2 aromatic rings. The first-order valence-corrected chi connectivity index (χ1v) is 8.12. The predicted molar refractivity (Wildman–Crippen MR) is 93.2 cm³/mol. The van der Waals surface area contributed by atoms with Gasteiger partial charge in [0.05, 0.1) is 6.61 Å². The van der Waals surface area contributed by atoms with E-state index in [4.69, 9.17) is 4.74 Å². The molecule has 0 amide bonds. The van der Waals surface area contributed by atoms with Gasteiger partial charge >= 0.3 is 0 Å². The summed E-state index contributed by atoms with van der Waals surface area (Å²) in [5.74, 6) is 0.955. The van der Waals surface area contributed by atoms with E-state index in [2.05, 4.69) is 66.3 Å². The van der Waals surface area contributed by atoms with Crippen molar-refractivity contribution in [2.75, 3.05) is 11.9 Å². The van der Waals surface area contributed by atoms with Gasteiger partial charge in [-0.1, -0.05) is 28.9 Å². The smallest absolute Gasteiger partial charge is 0.124 e. The second-order valence-electron chi connectivity index (χ2n) is 5.25. The molecule has 0 aliphatic heterocycles. The number of anilines is 1. The molecule has 0 fully saturated rings. The fraction of sp³-hybridized carbons (Fsp3) is 0.333. The fourth-order valence-corrected chi connectivity index (χ4v) is 2.50. The van der Waals surface area contributed by atoms with Crippen molar-refractivity contribution in [3.8, 4) is 5.75 Å². The Labute approximate surface area is 135 Å². The Morgan fingerprint density at radius 1 is 1.05 bits per heavy atom. The number of aryl methyl sites for hydroxylation is 2. The van der Waals surface area contributed by atoms with Crippen molar-refractivity contribution >= 4 is 21.6 Å². The van der Waals surface area contributed by atoms with Crippen LogP contribution in [0.3, 0.4) is 0 Å². The van der Waals surface area contributed by atoms with Crippen LogP contribution in [0.4, 0.5) is 5.69 Å². The fourth-order valence-electron chi connectivity index (χ4n) is 2.09. The van der Waals surface area contributed by atoms with E-state index in [0.717, 1.165) is 41.0 Å². The molecule has 0 bridgehead atoms. The van der Waals surface area contributed by atoms with Crippen molar-refractivity contribution in [3.05, 3.63) is 57.6 Å². The van der Waals surface area contributed by atoms with E-state index in [1.807, 2.05) is 12.1 Å². The second-order valence-corrected chi connectivity index (χ2v) is 6.17. The van der Waals surface area contributed by atoms with Crippen molar-refractivity contribution in [2.45, 2.75) is 33.7 Å². The van der Waals surface area contributed by atoms with Crippen LogP contribution in [0.15, 0.2) is 40.9 Å². The molecule has 0 heterocycles. The Balaban J connectivity index is 2.10. The average molecular weight is 348 g/mol. The molecule has 1 N–H and O–H groups in total. The third-order valence-electron chi connectivity index (χ3n) is 3.47. The number of nitrogens with one attached hydrogen (secondary N) is 1. The number of hydrogen-bond acceptors (Lipinski definition) is 2. The highest BCUT2D eigenvalue weighted by molar-refractivity contribution is 9.10. The minimum Gasteiger partial charge on any atom is -0.493 e. The molecule has 0 saturated carbocycles. The topological polar surface area (TPSA) is 21.3 Å². The normalized spacial score (nSPS) is 10.5. The van der Waals surface area contributed by atoms with E-state index in [1.54, 1.807) is 0 Å². The van der Waals surface area contributed by atoms with Crippen LogP contribution in [0.5, 0.6) is 5.75 Å². The summed E-state index contributed by atoms with van der Waals surface area (Å²) in [7, 11) is 0. The zero-order valence-electron chi connectivity index (χ0n) is 12.9. The molecule has 2 rings (SSSR count). The number of benzene rings is 2. The third kappa shape index (κ3) is 4.50. The van der Waals surface area contributed by atoms with Gasteiger partial charge in [0.25, 0.3) is 0 Å².